The Morgan fingerprint density at radius 1 is 1.00 bits per heavy atom. The summed E-state index contributed by atoms with van der Waals surface area (Å²) in [5.41, 5.74) is 0.302. The van der Waals surface area contributed by atoms with Crippen molar-refractivity contribution in [3.8, 4) is 0 Å². The molecule has 0 radical (unpaired) electrons. The molecule has 0 aromatic heterocycles. The Morgan fingerprint density at radius 2 is 1.52 bits per heavy atom. The van der Waals surface area contributed by atoms with Crippen molar-refractivity contribution in [2.45, 2.75) is 35.5 Å². The topological polar surface area (TPSA) is 37.3 Å². The van der Waals surface area contributed by atoms with Gasteiger partial charge in [0.15, 0.2) is 4.21 Å². The monoisotopic (exact) mass is 322 g/mol. The van der Waals surface area contributed by atoms with Crippen LogP contribution in [0.2, 0.25) is 0 Å². The van der Waals surface area contributed by atoms with E-state index < -0.39 is 20.6 Å². The summed E-state index contributed by atoms with van der Waals surface area (Å²) in [4.78, 5) is 0.606. The molecular weight excluding hydrogens is 304 g/mol. The highest BCUT2D eigenvalue weighted by Crippen LogP contribution is 2.42. The molecule has 1 unspecified atom stereocenters. The molecule has 2 aromatic carbocycles. The minimum atomic E-state index is -1.56. The molecule has 4 heteroatoms. The third kappa shape index (κ3) is 3.05. The van der Waals surface area contributed by atoms with E-state index in [1.54, 1.807) is 38.1 Å². The van der Waals surface area contributed by atoms with Crippen molar-refractivity contribution >= 4 is 22.4 Å². The van der Waals surface area contributed by atoms with Crippen molar-refractivity contribution in [3.63, 3.8) is 0 Å². The lowest BCUT2D eigenvalue weighted by Crippen LogP contribution is -2.46. The van der Waals surface area contributed by atoms with Gasteiger partial charge in [-0.2, -0.15) is 0 Å². The number of aliphatic hydroxyl groups is 1. The molecular formula is C17H19ClO2S. The lowest BCUT2D eigenvalue weighted by Gasteiger charge is -2.37. The molecule has 1 N–H and O–H groups in total. The molecule has 21 heavy (non-hydrogen) atoms. The standard InChI is InChI=1S/C17H19ClO2S/c1-13-9-11-15(12-10-13)21(20)17(3,18)16(2,19)14-7-5-4-6-8-14/h4-12,19H,1-3H3/t16-,17+,21?/m1/s1. The molecule has 2 nitrogen and oxygen atoms in total. The molecule has 0 saturated carbocycles. The van der Waals surface area contributed by atoms with Crippen LogP contribution in [-0.4, -0.2) is 13.5 Å². The first-order valence-electron chi connectivity index (χ1n) is 6.72. The van der Waals surface area contributed by atoms with Crippen LogP contribution in [0.3, 0.4) is 0 Å². The third-order valence-corrected chi connectivity index (χ3v) is 6.37. The minimum absolute atomic E-state index is 0.606. The van der Waals surface area contributed by atoms with E-state index in [9.17, 15) is 9.32 Å². The van der Waals surface area contributed by atoms with E-state index in [0.29, 0.717) is 10.5 Å². The maximum atomic E-state index is 12.8. The zero-order chi connectivity index (χ0) is 15.7. The Bertz CT molecular complexity index is 634. The maximum Gasteiger partial charge on any atom is 0.153 e. The van der Waals surface area contributed by atoms with Crippen LogP contribution in [0.25, 0.3) is 0 Å². The number of halogens is 1. The number of alkyl halides is 1. The van der Waals surface area contributed by atoms with Gasteiger partial charge in [0.2, 0.25) is 0 Å². The Kier molecular flexibility index (Phi) is 4.57. The first-order chi connectivity index (χ1) is 9.76. The molecule has 2 aromatic rings. The normalized spacial score (nSPS) is 18.5. The fourth-order valence-corrected chi connectivity index (χ4v) is 3.77. The highest BCUT2D eigenvalue weighted by atomic mass is 35.5. The molecule has 0 spiro atoms. The van der Waals surface area contributed by atoms with Gasteiger partial charge in [-0.25, -0.2) is 0 Å². The van der Waals surface area contributed by atoms with E-state index in [1.165, 1.54) is 0 Å². The van der Waals surface area contributed by atoms with Crippen molar-refractivity contribution in [1.29, 1.82) is 0 Å². The lowest BCUT2D eigenvalue weighted by molar-refractivity contribution is 0.0449. The van der Waals surface area contributed by atoms with Crippen LogP contribution in [0, 0.1) is 6.92 Å². The van der Waals surface area contributed by atoms with Gasteiger partial charge in [-0.3, -0.25) is 4.21 Å². The fraction of sp³-hybridized carbons (Fsp3) is 0.294. The second-order valence-electron chi connectivity index (χ2n) is 5.44. The van der Waals surface area contributed by atoms with E-state index in [4.69, 9.17) is 11.6 Å². The average molecular weight is 323 g/mol. The predicted octanol–water partition coefficient (Wildman–Crippen LogP) is 3.97. The molecule has 0 aliphatic carbocycles. The van der Waals surface area contributed by atoms with Crippen molar-refractivity contribution in [2.24, 2.45) is 0 Å². The number of aryl methyl sites for hydroxylation is 1. The number of benzene rings is 2. The summed E-state index contributed by atoms with van der Waals surface area (Å²) in [5, 5.41) is 10.9. The Morgan fingerprint density at radius 3 is 2.05 bits per heavy atom. The predicted molar refractivity (Wildman–Crippen MR) is 87.9 cm³/mol. The van der Waals surface area contributed by atoms with Crippen molar-refractivity contribution < 1.29 is 9.32 Å². The van der Waals surface area contributed by atoms with E-state index in [1.807, 2.05) is 37.3 Å². The molecule has 0 amide bonds. The van der Waals surface area contributed by atoms with E-state index >= 15 is 0 Å². The van der Waals surface area contributed by atoms with Crippen molar-refractivity contribution in [1.82, 2.24) is 0 Å². The van der Waals surface area contributed by atoms with Crippen molar-refractivity contribution in [3.05, 3.63) is 65.7 Å². The average Bonchev–Trinajstić information content (AvgIpc) is 2.48. The van der Waals surface area contributed by atoms with E-state index in [0.717, 1.165) is 5.56 Å². The second kappa shape index (κ2) is 5.91. The van der Waals surface area contributed by atoms with Crippen LogP contribution in [0.4, 0.5) is 0 Å². The van der Waals surface area contributed by atoms with Gasteiger partial charge in [-0.05, 0) is 38.5 Å². The Balaban J connectivity index is 2.40. The summed E-state index contributed by atoms with van der Waals surface area (Å²) in [6.45, 7) is 5.17. The quantitative estimate of drug-likeness (QED) is 0.865. The molecule has 3 atom stereocenters. The largest absolute Gasteiger partial charge is 0.383 e. The first-order valence-corrected chi connectivity index (χ1v) is 8.25. The minimum Gasteiger partial charge on any atom is -0.383 e. The van der Waals surface area contributed by atoms with Crippen LogP contribution >= 0.6 is 11.6 Å². The lowest BCUT2D eigenvalue weighted by atomic mass is 9.92. The van der Waals surface area contributed by atoms with Gasteiger partial charge in [0.1, 0.15) is 5.60 Å². The number of hydrogen-bond donors (Lipinski definition) is 1. The van der Waals surface area contributed by atoms with E-state index in [2.05, 4.69) is 0 Å². The Labute approximate surface area is 133 Å². The molecule has 0 saturated heterocycles. The third-order valence-electron chi connectivity index (χ3n) is 3.79. The molecule has 0 fully saturated rings. The van der Waals surface area contributed by atoms with Gasteiger partial charge < -0.3 is 5.11 Å². The highest BCUT2D eigenvalue weighted by Gasteiger charge is 2.48. The number of rotatable bonds is 4. The smallest absolute Gasteiger partial charge is 0.153 e. The molecule has 0 aliphatic heterocycles. The van der Waals surface area contributed by atoms with Gasteiger partial charge in [0.25, 0.3) is 0 Å². The van der Waals surface area contributed by atoms with Gasteiger partial charge in [0, 0.05) is 4.90 Å². The van der Waals surface area contributed by atoms with Crippen LogP contribution in [0.5, 0.6) is 0 Å². The van der Waals surface area contributed by atoms with Crippen LogP contribution < -0.4 is 0 Å². The molecule has 0 aliphatic rings. The molecule has 2 rings (SSSR count). The summed E-state index contributed by atoms with van der Waals surface area (Å²) >= 11 is 6.54. The van der Waals surface area contributed by atoms with E-state index in [-0.39, 0.29) is 0 Å². The number of hydrogen-bond acceptors (Lipinski definition) is 2. The van der Waals surface area contributed by atoms with Gasteiger partial charge in [-0.15, -0.1) is 11.6 Å². The second-order valence-corrected chi connectivity index (χ2v) is 8.24. The highest BCUT2D eigenvalue weighted by molar-refractivity contribution is 7.88. The summed E-state index contributed by atoms with van der Waals surface area (Å²) in [5.74, 6) is 0. The summed E-state index contributed by atoms with van der Waals surface area (Å²) in [7, 11) is -1.56. The Hall–Kier alpha value is -1.16. The molecule has 0 bridgehead atoms. The zero-order valence-electron chi connectivity index (χ0n) is 12.3. The zero-order valence-corrected chi connectivity index (χ0v) is 13.9. The van der Waals surface area contributed by atoms with Crippen molar-refractivity contribution in [2.75, 3.05) is 0 Å². The van der Waals surface area contributed by atoms with Crippen LogP contribution in [-0.2, 0) is 16.4 Å². The summed E-state index contributed by atoms with van der Waals surface area (Å²) < 4.78 is 11.5. The maximum absolute atomic E-state index is 12.8. The molecule has 112 valence electrons. The molecule has 0 heterocycles. The van der Waals surface area contributed by atoms with Crippen LogP contribution in [0.1, 0.15) is 25.0 Å². The fourth-order valence-electron chi connectivity index (χ4n) is 2.08. The van der Waals surface area contributed by atoms with Gasteiger partial charge in [0.05, 0.1) is 10.8 Å². The van der Waals surface area contributed by atoms with Gasteiger partial charge >= 0.3 is 0 Å². The first kappa shape index (κ1) is 16.2. The summed E-state index contributed by atoms with van der Waals surface area (Å²) in [6, 6.07) is 16.4. The van der Waals surface area contributed by atoms with Crippen LogP contribution in [0.15, 0.2) is 59.5 Å². The SMILES string of the molecule is Cc1ccc(S(=O)[C@](C)(Cl)[C@](C)(O)c2ccccc2)cc1. The summed E-state index contributed by atoms with van der Waals surface area (Å²) in [6.07, 6.45) is 0. The van der Waals surface area contributed by atoms with Gasteiger partial charge in [-0.1, -0.05) is 48.0 Å².